The van der Waals surface area contributed by atoms with Crippen LogP contribution in [0.15, 0.2) is 16.6 Å². The van der Waals surface area contributed by atoms with Crippen LogP contribution in [-0.2, 0) is 9.53 Å². The van der Waals surface area contributed by atoms with Gasteiger partial charge in [0.05, 0.1) is 24.3 Å². The summed E-state index contributed by atoms with van der Waals surface area (Å²) in [6, 6.07) is 0.202. The van der Waals surface area contributed by atoms with Crippen LogP contribution in [0.3, 0.4) is 0 Å². The van der Waals surface area contributed by atoms with Gasteiger partial charge in [-0.3, -0.25) is 4.99 Å². The summed E-state index contributed by atoms with van der Waals surface area (Å²) < 4.78 is 58.2. The lowest BCUT2D eigenvalue weighted by atomic mass is 10.1. The molecule has 0 bridgehead atoms. The van der Waals surface area contributed by atoms with Crippen LogP contribution in [-0.4, -0.2) is 41.1 Å². The number of rotatable bonds is 6. The maximum atomic E-state index is 13.8. The minimum atomic E-state index is -2.14. The van der Waals surface area contributed by atoms with E-state index in [0.29, 0.717) is 0 Å². The van der Waals surface area contributed by atoms with Crippen LogP contribution in [0.25, 0.3) is 5.76 Å². The molecule has 0 aromatic heterocycles. The first-order chi connectivity index (χ1) is 11.6. The molecule has 0 saturated heterocycles. The molecular formula is C16H17F4NO4. The van der Waals surface area contributed by atoms with E-state index in [1.54, 1.807) is 0 Å². The van der Waals surface area contributed by atoms with E-state index in [4.69, 9.17) is 5.11 Å². The van der Waals surface area contributed by atoms with Crippen molar-refractivity contribution in [1.82, 2.24) is 0 Å². The van der Waals surface area contributed by atoms with Gasteiger partial charge >= 0.3 is 5.97 Å². The molecule has 0 aliphatic rings. The summed E-state index contributed by atoms with van der Waals surface area (Å²) in [6.07, 6.45) is 0.780. The number of aliphatic imine (C=N–C) groups is 1. The molecule has 5 nitrogen and oxygen atoms in total. The number of carbonyl (C=O) groups is 1. The minimum Gasteiger partial charge on any atom is -0.506 e. The van der Waals surface area contributed by atoms with Gasteiger partial charge in [-0.2, -0.15) is 0 Å². The van der Waals surface area contributed by atoms with E-state index in [1.165, 1.54) is 20.8 Å². The Balaban J connectivity index is 3.58. The number of hydrogen-bond acceptors (Lipinski definition) is 5. The number of hydrogen-bond donors (Lipinski definition) is 2. The SMILES string of the molecule is CCOC(=O)C(C=NC(C)(C)CO)=C(O)c1cc(F)c(F)c(F)c1F. The number of benzene rings is 1. The van der Waals surface area contributed by atoms with Crippen molar-refractivity contribution in [2.24, 2.45) is 4.99 Å². The van der Waals surface area contributed by atoms with Gasteiger partial charge in [-0.1, -0.05) is 0 Å². The highest BCUT2D eigenvalue weighted by atomic mass is 19.2. The van der Waals surface area contributed by atoms with Gasteiger partial charge in [-0.25, -0.2) is 22.4 Å². The molecule has 2 N–H and O–H groups in total. The summed E-state index contributed by atoms with van der Waals surface area (Å²) in [5.41, 5.74) is -2.85. The van der Waals surface area contributed by atoms with Gasteiger partial charge in [-0.15, -0.1) is 0 Å². The van der Waals surface area contributed by atoms with E-state index in [1.807, 2.05) is 0 Å². The van der Waals surface area contributed by atoms with Crippen molar-refractivity contribution in [1.29, 1.82) is 0 Å². The van der Waals surface area contributed by atoms with Crippen LogP contribution in [0.2, 0.25) is 0 Å². The molecular weight excluding hydrogens is 346 g/mol. The minimum absolute atomic E-state index is 0.110. The molecule has 0 radical (unpaired) electrons. The van der Waals surface area contributed by atoms with Gasteiger partial charge in [-0.05, 0) is 26.8 Å². The quantitative estimate of drug-likeness (QED) is 0.155. The summed E-state index contributed by atoms with van der Waals surface area (Å²) in [6.45, 7) is 3.90. The van der Waals surface area contributed by atoms with Crippen molar-refractivity contribution in [3.8, 4) is 0 Å². The number of nitrogens with zero attached hydrogens (tertiary/aromatic N) is 1. The molecule has 0 unspecified atom stereocenters. The standard InChI is InChI=1S/C16H17F4NO4/c1-4-25-15(24)9(6-21-16(2,3)7-22)14(23)8-5-10(17)12(19)13(20)11(8)18/h5-6,22-23H,4,7H2,1-3H3. The number of esters is 1. The fourth-order valence-electron chi connectivity index (χ4n) is 1.59. The number of aliphatic hydroxyl groups excluding tert-OH is 2. The lowest BCUT2D eigenvalue weighted by molar-refractivity contribution is -0.137. The maximum absolute atomic E-state index is 13.8. The zero-order valence-corrected chi connectivity index (χ0v) is 13.7. The number of halogens is 4. The monoisotopic (exact) mass is 363 g/mol. The number of aliphatic hydroxyl groups is 2. The molecule has 0 aliphatic heterocycles. The fourth-order valence-corrected chi connectivity index (χ4v) is 1.59. The third kappa shape index (κ3) is 4.79. The van der Waals surface area contributed by atoms with Gasteiger partial charge in [0.25, 0.3) is 0 Å². The summed E-state index contributed by atoms with van der Waals surface area (Å²) in [4.78, 5) is 15.8. The molecule has 1 rings (SSSR count). The van der Waals surface area contributed by atoms with Crippen molar-refractivity contribution in [2.75, 3.05) is 13.2 Å². The summed E-state index contributed by atoms with van der Waals surface area (Å²) in [5, 5.41) is 19.2. The van der Waals surface area contributed by atoms with Crippen molar-refractivity contribution >= 4 is 17.9 Å². The first-order valence-electron chi connectivity index (χ1n) is 7.15. The summed E-state index contributed by atoms with van der Waals surface area (Å²) >= 11 is 0. The average Bonchev–Trinajstić information content (AvgIpc) is 2.56. The Labute approximate surface area is 141 Å². The number of ether oxygens (including phenoxy) is 1. The van der Waals surface area contributed by atoms with Crippen molar-refractivity contribution in [2.45, 2.75) is 26.3 Å². The molecule has 25 heavy (non-hydrogen) atoms. The average molecular weight is 363 g/mol. The van der Waals surface area contributed by atoms with Crippen LogP contribution < -0.4 is 0 Å². The van der Waals surface area contributed by atoms with E-state index in [-0.39, 0.29) is 12.7 Å². The van der Waals surface area contributed by atoms with Crippen LogP contribution in [0.4, 0.5) is 17.6 Å². The van der Waals surface area contributed by atoms with Crippen molar-refractivity contribution in [3.05, 3.63) is 40.5 Å². The van der Waals surface area contributed by atoms with Crippen LogP contribution in [0.5, 0.6) is 0 Å². The first-order valence-corrected chi connectivity index (χ1v) is 7.15. The Morgan fingerprint density at radius 2 is 1.84 bits per heavy atom. The molecule has 0 amide bonds. The predicted molar refractivity (Wildman–Crippen MR) is 82.1 cm³/mol. The van der Waals surface area contributed by atoms with Gasteiger partial charge in [0.15, 0.2) is 23.3 Å². The lowest BCUT2D eigenvalue weighted by Gasteiger charge is -2.16. The van der Waals surface area contributed by atoms with Gasteiger partial charge < -0.3 is 14.9 Å². The van der Waals surface area contributed by atoms with Gasteiger partial charge in [0.1, 0.15) is 11.3 Å². The van der Waals surface area contributed by atoms with E-state index in [9.17, 15) is 27.5 Å². The molecule has 9 heteroatoms. The second-order valence-electron chi connectivity index (χ2n) is 5.56. The third-order valence-electron chi connectivity index (χ3n) is 3.04. The fraction of sp³-hybridized carbons (Fsp3) is 0.375. The Hall–Kier alpha value is -2.42. The Morgan fingerprint density at radius 3 is 2.36 bits per heavy atom. The van der Waals surface area contributed by atoms with Crippen LogP contribution >= 0.6 is 0 Å². The third-order valence-corrected chi connectivity index (χ3v) is 3.04. The largest absolute Gasteiger partial charge is 0.506 e. The molecule has 1 aromatic carbocycles. The molecule has 138 valence electrons. The van der Waals surface area contributed by atoms with E-state index in [2.05, 4.69) is 9.73 Å². The first kappa shape index (κ1) is 20.6. The normalized spacial score (nSPS) is 13.1. The highest BCUT2D eigenvalue weighted by molar-refractivity contribution is 6.15. The molecule has 0 heterocycles. The van der Waals surface area contributed by atoms with Gasteiger partial charge in [0, 0.05) is 6.21 Å². The zero-order chi connectivity index (χ0) is 19.4. The topological polar surface area (TPSA) is 79.1 Å². The molecule has 0 spiro atoms. The van der Waals surface area contributed by atoms with Crippen molar-refractivity contribution < 1.29 is 37.3 Å². The maximum Gasteiger partial charge on any atom is 0.343 e. The molecule has 0 aliphatic carbocycles. The van der Waals surface area contributed by atoms with E-state index >= 15 is 0 Å². The van der Waals surface area contributed by atoms with E-state index < -0.39 is 58.3 Å². The molecule has 0 fully saturated rings. The Bertz CT molecular complexity index is 729. The Kier molecular flexibility index (Phi) is 6.69. The van der Waals surface area contributed by atoms with Crippen molar-refractivity contribution in [3.63, 3.8) is 0 Å². The molecule has 0 atom stereocenters. The Morgan fingerprint density at radius 1 is 1.24 bits per heavy atom. The smallest absolute Gasteiger partial charge is 0.343 e. The van der Waals surface area contributed by atoms with Gasteiger partial charge in [0.2, 0.25) is 0 Å². The highest BCUT2D eigenvalue weighted by Gasteiger charge is 2.25. The second kappa shape index (κ2) is 8.11. The van der Waals surface area contributed by atoms with Crippen LogP contribution in [0, 0.1) is 23.3 Å². The second-order valence-corrected chi connectivity index (χ2v) is 5.56. The summed E-state index contributed by atoms with van der Waals surface area (Å²) in [7, 11) is 0. The highest BCUT2D eigenvalue weighted by Crippen LogP contribution is 2.25. The lowest BCUT2D eigenvalue weighted by Crippen LogP contribution is -2.23. The zero-order valence-electron chi connectivity index (χ0n) is 13.7. The molecule has 0 saturated carbocycles. The van der Waals surface area contributed by atoms with Crippen LogP contribution in [0.1, 0.15) is 26.3 Å². The number of carbonyl (C=O) groups excluding carboxylic acids is 1. The predicted octanol–water partition coefficient (Wildman–Crippen LogP) is 2.92. The summed E-state index contributed by atoms with van der Waals surface area (Å²) in [5.74, 6) is -10.2. The van der Waals surface area contributed by atoms with E-state index in [0.717, 1.165) is 6.21 Å². The molecule has 1 aromatic rings.